The Balaban J connectivity index is 1.51. The van der Waals surface area contributed by atoms with Crippen molar-refractivity contribution in [2.24, 2.45) is 0 Å². The van der Waals surface area contributed by atoms with E-state index in [9.17, 15) is 4.79 Å². The Kier molecular flexibility index (Phi) is 4.66. The van der Waals surface area contributed by atoms with Crippen LogP contribution < -0.4 is 4.74 Å². The summed E-state index contributed by atoms with van der Waals surface area (Å²) in [7, 11) is 0. The number of rotatable bonds is 3. The van der Waals surface area contributed by atoms with Crippen LogP contribution in [0.4, 0.5) is 0 Å². The van der Waals surface area contributed by atoms with Gasteiger partial charge in [0, 0.05) is 41.7 Å². The topological polar surface area (TPSA) is 45.3 Å². The molecule has 0 saturated carbocycles. The summed E-state index contributed by atoms with van der Waals surface area (Å²) in [4.78, 5) is 18.2. The third kappa shape index (κ3) is 3.64. The molecule has 0 bridgehead atoms. The molecule has 1 aliphatic heterocycles. The molecule has 0 atom stereocenters. The van der Waals surface area contributed by atoms with Crippen molar-refractivity contribution < 1.29 is 9.53 Å². The fourth-order valence-corrected chi connectivity index (χ4v) is 3.76. The number of amides is 1. The molecule has 4 heteroatoms. The molecule has 0 radical (unpaired) electrons. The van der Waals surface area contributed by atoms with Crippen molar-refractivity contribution in [1.29, 1.82) is 0 Å². The van der Waals surface area contributed by atoms with Gasteiger partial charge in [-0.05, 0) is 42.2 Å². The van der Waals surface area contributed by atoms with Gasteiger partial charge < -0.3 is 14.6 Å². The van der Waals surface area contributed by atoms with E-state index in [2.05, 4.69) is 44.0 Å². The van der Waals surface area contributed by atoms with Crippen LogP contribution in [-0.2, 0) is 23.2 Å². The van der Waals surface area contributed by atoms with Crippen molar-refractivity contribution in [2.75, 3.05) is 13.2 Å². The maximum atomic E-state index is 12.7. The minimum atomic E-state index is 0.0348. The zero-order chi connectivity index (χ0) is 19.9. The van der Waals surface area contributed by atoms with Gasteiger partial charge in [-0.1, -0.05) is 44.5 Å². The highest BCUT2D eigenvalue weighted by atomic mass is 16.5. The Hall–Kier alpha value is -2.75. The predicted molar refractivity (Wildman–Crippen MR) is 113 cm³/mol. The van der Waals surface area contributed by atoms with Gasteiger partial charge >= 0.3 is 0 Å². The van der Waals surface area contributed by atoms with Crippen molar-refractivity contribution in [2.45, 2.75) is 46.1 Å². The molecule has 0 spiro atoms. The number of nitrogens with one attached hydrogen (secondary N) is 1. The van der Waals surface area contributed by atoms with Crippen LogP contribution in [-0.4, -0.2) is 28.9 Å². The highest BCUT2D eigenvalue weighted by molar-refractivity contribution is 5.87. The van der Waals surface area contributed by atoms with Crippen LogP contribution in [0.3, 0.4) is 0 Å². The smallest absolute Gasteiger partial charge is 0.260 e. The number of H-pyrrole nitrogens is 1. The molecule has 0 saturated heterocycles. The van der Waals surface area contributed by atoms with E-state index in [1.54, 1.807) is 0 Å². The third-order valence-electron chi connectivity index (χ3n) is 5.58. The summed E-state index contributed by atoms with van der Waals surface area (Å²) in [6, 6.07) is 14.4. The fraction of sp³-hybridized carbons (Fsp3) is 0.375. The van der Waals surface area contributed by atoms with Crippen LogP contribution >= 0.6 is 0 Å². The zero-order valence-electron chi connectivity index (χ0n) is 17.1. The number of hydrogen-bond donors (Lipinski definition) is 1. The number of nitrogens with zero attached hydrogens (tertiary/aromatic N) is 1. The van der Waals surface area contributed by atoms with Gasteiger partial charge in [0.1, 0.15) is 5.75 Å². The minimum Gasteiger partial charge on any atom is -0.484 e. The van der Waals surface area contributed by atoms with Crippen LogP contribution in [0.2, 0.25) is 0 Å². The van der Waals surface area contributed by atoms with Crippen molar-refractivity contribution in [3.8, 4) is 5.75 Å². The van der Waals surface area contributed by atoms with E-state index in [0.717, 1.165) is 24.2 Å². The molecular weight excluding hydrogens is 348 g/mol. The molecule has 1 N–H and O–H groups in total. The Bertz CT molecular complexity index is 1010. The second kappa shape index (κ2) is 7.01. The summed E-state index contributed by atoms with van der Waals surface area (Å²) in [6.45, 7) is 10.2. The lowest BCUT2D eigenvalue weighted by Crippen LogP contribution is -2.38. The van der Waals surface area contributed by atoms with E-state index >= 15 is 0 Å². The van der Waals surface area contributed by atoms with Gasteiger partial charge in [-0.3, -0.25) is 4.79 Å². The molecule has 2 aromatic carbocycles. The maximum absolute atomic E-state index is 12.7. The predicted octanol–water partition coefficient (Wildman–Crippen LogP) is 4.74. The van der Waals surface area contributed by atoms with Gasteiger partial charge in [0.25, 0.3) is 5.91 Å². The van der Waals surface area contributed by atoms with Crippen LogP contribution in [0.1, 0.15) is 43.2 Å². The monoisotopic (exact) mass is 376 g/mol. The quantitative estimate of drug-likeness (QED) is 0.718. The maximum Gasteiger partial charge on any atom is 0.260 e. The molecule has 4 nitrogen and oxygen atoms in total. The fourth-order valence-electron chi connectivity index (χ4n) is 3.76. The molecular formula is C24H28N2O2. The summed E-state index contributed by atoms with van der Waals surface area (Å²) in [5.41, 5.74) is 6.25. The summed E-state index contributed by atoms with van der Waals surface area (Å²) < 4.78 is 5.70. The van der Waals surface area contributed by atoms with Crippen molar-refractivity contribution in [3.05, 3.63) is 64.8 Å². The van der Waals surface area contributed by atoms with Crippen molar-refractivity contribution >= 4 is 16.8 Å². The lowest BCUT2D eigenvalue weighted by molar-refractivity contribution is -0.134. The van der Waals surface area contributed by atoms with Gasteiger partial charge in [-0.25, -0.2) is 0 Å². The van der Waals surface area contributed by atoms with E-state index in [4.69, 9.17) is 4.74 Å². The zero-order valence-corrected chi connectivity index (χ0v) is 17.1. The van der Waals surface area contributed by atoms with Crippen molar-refractivity contribution in [1.82, 2.24) is 9.88 Å². The Morgan fingerprint density at radius 3 is 2.61 bits per heavy atom. The highest BCUT2D eigenvalue weighted by Gasteiger charge is 2.25. The molecule has 1 amide bonds. The molecule has 146 valence electrons. The average Bonchev–Trinajstić information content (AvgIpc) is 3.03. The van der Waals surface area contributed by atoms with Gasteiger partial charge in [0.2, 0.25) is 0 Å². The standard InChI is InChI=1S/C24H28N2O2/c1-16-5-8-18(9-6-16)28-15-23(27)26-12-11-22-20(14-26)19-13-17(24(2,3)4)7-10-21(19)25-22/h5-10,13,25H,11-12,14-15H2,1-4H3. The molecule has 1 aliphatic rings. The van der Waals surface area contributed by atoms with Crippen LogP contribution in [0.25, 0.3) is 10.9 Å². The van der Waals surface area contributed by atoms with Crippen LogP contribution in [0, 0.1) is 6.92 Å². The van der Waals surface area contributed by atoms with E-state index in [1.807, 2.05) is 36.1 Å². The Morgan fingerprint density at radius 2 is 1.89 bits per heavy atom. The molecule has 0 unspecified atom stereocenters. The highest BCUT2D eigenvalue weighted by Crippen LogP contribution is 2.32. The number of ether oxygens (including phenoxy) is 1. The third-order valence-corrected chi connectivity index (χ3v) is 5.58. The summed E-state index contributed by atoms with van der Waals surface area (Å²) in [5.74, 6) is 0.770. The van der Waals surface area contributed by atoms with Crippen molar-refractivity contribution in [3.63, 3.8) is 0 Å². The first kappa shape index (κ1) is 18.6. The Morgan fingerprint density at radius 1 is 1.14 bits per heavy atom. The SMILES string of the molecule is Cc1ccc(OCC(=O)N2CCc3[nH]c4ccc(C(C)(C)C)cc4c3C2)cc1. The van der Waals surface area contributed by atoms with Gasteiger partial charge in [-0.15, -0.1) is 0 Å². The number of hydrogen-bond acceptors (Lipinski definition) is 2. The molecule has 1 aromatic heterocycles. The Labute approximate surface area is 166 Å². The van der Waals surface area contributed by atoms with Crippen LogP contribution in [0.15, 0.2) is 42.5 Å². The number of benzene rings is 2. The summed E-state index contributed by atoms with van der Waals surface area (Å²) in [5, 5.41) is 1.24. The summed E-state index contributed by atoms with van der Waals surface area (Å²) in [6.07, 6.45) is 0.852. The minimum absolute atomic E-state index is 0.0348. The number of carbonyl (C=O) groups is 1. The van der Waals surface area contributed by atoms with Gasteiger partial charge in [-0.2, -0.15) is 0 Å². The van der Waals surface area contributed by atoms with Gasteiger partial charge in [0.05, 0.1) is 0 Å². The van der Waals surface area contributed by atoms with E-state index < -0.39 is 0 Å². The second-order valence-corrected chi connectivity index (χ2v) is 8.76. The summed E-state index contributed by atoms with van der Waals surface area (Å²) >= 11 is 0. The van der Waals surface area contributed by atoms with Gasteiger partial charge in [0.15, 0.2) is 6.61 Å². The molecule has 3 aromatic rings. The largest absolute Gasteiger partial charge is 0.484 e. The number of aromatic amines is 1. The number of aromatic nitrogens is 1. The number of carbonyl (C=O) groups excluding carboxylic acids is 1. The number of aryl methyl sites for hydroxylation is 1. The van der Waals surface area contributed by atoms with Crippen LogP contribution in [0.5, 0.6) is 5.75 Å². The number of fused-ring (bicyclic) bond motifs is 3. The second-order valence-electron chi connectivity index (χ2n) is 8.76. The average molecular weight is 377 g/mol. The molecule has 0 fully saturated rings. The normalized spacial score (nSPS) is 14.2. The lowest BCUT2D eigenvalue weighted by atomic mass is 9.86. The first-order chi connectivity index (χ1) is 13.3. The lowest BCUT2D eigenvalue weighted by Gasteiger charge is -2.27. The van der Waals surface area contributed by atoms with E-state index in [-0.39, 0.29) is 17.9 Å². The molecule has 4 rings (SSSR count). The van der Waals surface area contributed by atoms with E-state index in [1.165, 1.54) is 27.8 Å². The first-order valence-corrected chi connectivity index (χ1v) is 9.92. The molecule has 28 heavy (non-hydrogen) atoms. The van der Waals surface area contributed by atoms with E-state index in [0.29, 0.717) is 6.54 Å². The first-order valence-electron chi connectivity index (χ1n) is 9.92. The molecule has 0 aliphatic carbocycles. The molecule has 2 heterocycles.